The van der Waals surface area contributed by atoms with Crippen LogP contribution in [0, 0.1) is 0 Å². The Morgan fingerprint density at radius 1 is 1.33 bits per heavy atom. The van der Waals surface area contributed by atoms with E-state index < -0.39 is 0 Å². The summed E-state index contributed by atoms with van der Waals surface area (Å²) < 4.78 is 5.66. The molecule has 0 aromatic carbocycles. The number of nitrogens with one attached hydrogen (secondary N) is 1. The van der Waals surface area contributed by atoms with Crippen molar-refractivity contribution < 1.29 is 4.42 Å². The molecule has 0 saturated carbocycles. The van der Waals surface area contributed by atoms with Gasteiger partial charge in [0.1, 0.15) is 11.8 Å². The molecule has 2 aromatic rings. The van der Waals surface area contributed by atoms with E-state index >= 15 is 0 Å². The number of thiocarbonyl (C=S) groups is 1. The maximum Gasteiger partial charge on any atom is 0.170 e. The van der Waals surface area contributed by atoms with Crippen LogP contribution in [-0.4, -0.2) is 21.5 Å². The highest BCUT2D eigenvalue weighted by molar-refractivity contribution is 7.80. The van der Waals surface area contributed by atoms with Gasteiger partial charge in [-0.05, 0) is 42.9 Å². The minimum atomic E-state index is 0.0294. The lowest BCUT2D eigenvalue weighted by molar-refractivity contribution is 0.269. The molecule has 2 atom stereocenters. The molecule has 1 saturated heterocycles. The normalized spacial score (nSPS) is 21.6. The van der Waals surface area contributed by atoms with Gasteiger partial charge in [-0.1, -0.05) is 19.4 Å². The lowest BCUT2D eigenvalue weighted by Gasteiger charge is -2.25. The monoisotopic (exact) mass is 301 g/mol. The molecule has 1 fully saturated rings. The summed E-state index contributed by atoms with van der Waals surface area (Å²) in [6.07, 6.45) is 5.77. The van der Waals surface area contributed by atoms with E-state index in [1.807, 2.05) is 36.5 Å². The lowest BCUT2D eigenvalue weighted by Crippen LogP contribution is -2.30. The molecule has 0 aliphatic carbocycles. The van der Waals surface area contributed by atoms with E-state index in [-0.39, 0.29) is 12.1 Å². The number of unbranched alkanes of at least 4 members (excludes halogenated alkanes) is 1. The topological polar surface area (TPSA) is 41.3 Å². The third-order valence-corrected chi connectivity index (χ3v) is 4.14. The Kier molecular flexibility index (Phi) is 4.20. The lowest BCUT2D eigenvalue weighted by atomic mass is 10.0. The van der Waals surface area contributed by atoms with Crippen molar-refractivity contribution in [3.05, 3.63) is 54.2 Å². The van der Waals surface area contributed by atoms with Crippen molar-refractivity contribution in [3.8, 4) is 0 Å². The maximum atomic E-state index is 5.66. The summed E-state index contributed by atoms with van der Waals surface area (Å²) >= 11 is 5.53. The van der Waals surface area contributed by atoms with Crippen LogP contribution in [0.5, 0.6) is 0 Å². The summed E-state index contributed by atoms with van der Waals surface area (Å²) in [5.74, 6) is 0.925. The first-order valence-corrected chi connectivity index (χ1v) is 7.73. The van der Waals surface area contributed by atoms with Crippen molar-refractivity contribution in [2.24, 2.45) is 0 Å². The zero-order valence-electron chi connectivity index (χ0n) is 12.0. The Bertz CT molecular complexity index is 585. The average molecular weight is 301 g/mol. The number of furan rings is 1. The summed E-state index contributed by atoms with van der Waals surface area (Å²) in [6, 6.07) is 9.98. The first-order chi connectivity index (χ1) is 10.3. The largest absolute Gasteiger partial charge is 0.467 e. The van der Waals surface area contributed by atoms with Crippen LogP contribution in [0.3, 0.4) is 0 Å². The van der Waals surface area contributed by atoms with E-state index in [0.29, 0.717) is 0 Å². The molecule has 3 heterocycles. The Labute approximate surface area is 130 Å². The number of rotatable bonds is 5. The van der Waals surface area contributed by atoms with Gasteiger partial charge in [0.25, 0.3) is 0 Å². The van der Waals surface area contributed by atoms with Gasteiger partial charge in [-0.25, -0.2) is 0 Å². The molecule has 1 N–H and O–H groups in total. The Morgan fingerprint density at radius 3 is 2.90 bits per heavy atom. The predicted molar refractivity (Wildman–Crippen MR) is 85.8 cm³/mol. The maximum absolute atomic E-state index is 5.66. The van der Waals surface area contributed by atoms with Crippen molar-refractivity contribution in [1.29, 1.82) is 0 Å². The highest BCUT2D eigenvalue weighted by Gasteiger charge is 2.40. The molecule has 0 radical (unpaired) electrons. The third-order valence-electron chi connectivity index (χ3n) is 3.79. The third kappa shape index (κ3) is 2.78. The summed E-state index contributed by atoms with van der Waals surface area (Å²) in [6.45, 7) is 3.11. The zero-order valence-corrected chi connectivity index (χ0v) is 12.8. The minimum Gasteiger partial charge on any atom is -0.467 e. The van der Waals surface area contributed by atoms with Gasteiger partial charge in [-0.15, -0.1) is 0 Å². The van der Waals surface area contributed by atoms with Crippen LogP contribution in [-0.2, 0) is 0 Å². The van der Waals surface area contributed by atoms with E-state index in [0.717, 1.165) is 36.0 Å². The van der Waals surface area contributed by atoms with Crippen molar-refractivity contribution in [1.82, 2.24) is 15.2 Å². The van der Waals surface area contributed by atoms with E-state index in [1.54, 1.807) is 6.26 Å². The van der Waals surface area contributed by atoms with E-state index in [1.165, 1.54) is 0 Å². The van der Waals surface area contributed by atoms with Gasteiger partial charge in [0.2, 0.25) is 0 Å². The van der Waals surface area contributed by atoms with Crippen molar-refractivity contribution in [2.75, 3.05) is 6.54 Å². The van der Waals surface area contributed by atoms with Crippen molar-refractivity contribution >= 4 is 17.3 Å². The standard InChI is InChI=1S/C16H19N3OS/c1-2-3-10-19-15(13-8-6-11-20-13)14(18-16(19)21)12-7-4-5-9-17-12/h4-9,11,14-15H,2-3,10H2,1H3,(H,18,21). The molecule has 3 rings (SSSR count). The smallest absolute Gasteiger partial charge is 0.170 e. The first-order valence-electron chi connectivity index (χ1n) is 7.32. The molecule has 0 spiro atoms. The van der Waals surface area contributed by atoms with Crippen molar-refractivity contribution in [3.63, 3.8) is 0 Å². The van der Waals surface area contributed by atoms with Gasteiger partial charge in [0, 0.05) is 12.7 Å². The highest BCUT2D eigenvalue weighted by Crippen LogP contribution is 2.38. The fourth-order valence-corrected chi connectivity index (χ4v) is 3.08. The fraction of sp³-hybridized carbons (Fsp3) is 0.375. The molecule has 1 aliphatic heterocycles. The molecule has 110 valence electrons. The van der Waals surface area contributed by atoms with Crippen LogP contribution in [0.4, 0.5) is 0 Å². The molecule has 4 nitrogen and oxygen atoms in total. The minimum absolute atomic E-state index is 0.0294. The number of pyridine rings is 1. The number of hydrogen-bond acceptors (Lipinski definition) is 3. The van der Waals surface area contributed by atoms with Crippen LogP contribution in [0.15, 0.2) is 47.2 Å². The average Bonchev–Trinajstić information content (AvgIpc) is 3.13. The number of nitrogens with zero attached hydrogens (tertiary/aromatic N) is 2. The summed E-state index contributed by atoms with van der Waals surface area (Å²) in [5, 5.41) is 4.18. The molecule has 1 aliphatic rings. The van der Waals surface area contributed by atoms with Crippen LogP contribution in [0.25, 0.3) is 0 Å². The van der Waals surface area contributed by atoms with Crippen LogP contribution in [0.2, 0.25) is 0 Å². The molecular formula is C16H19N3OS. The number of aromatic nitrogens is 1. The SMILES string of the molecule is CCCCN1C(=S)NC(c2ccccn2)C1c1ccco1. The second kappa shape index (κ2) is 6.26. The van der Waals surface area contributed by atoms with Crippen LogP contribution in [0.1, 0.15) is 43.3 Å². The quantitative estimate of drug-likeness (QED) is 0.857. The Morgan fingerprint density at radius 2 is 2.24 bits per heavy atom. The van der Waals surface area contributed by atoms with E-state index in [9.17, 15) is 0 Å². The number of hydrogen-bond donors (Lipinski definition) is 1. The molecule has 21 heavy (non-hydrogen) atoms. The molecule has 0 amide bonds. The second-order valence-corrected chi connectivity index (χ2v) is 5.58. The second-order valence-electron chi connectivity index (χ2n) is 5.19. The van der Waals surface area contributed by atoms with E-state index in [2.05, 4.69) is 22.1 Å². The molecular weight excluding hydrogens is 282 g/mol. The van der Waals surface area contributed by atoms with Crippen LogP contribution >= 0.6 is 12.2 Å². The fourth-order valence-electron chi connectivity index (χ4n) is 2.74. The molecule has 0 bridgehead atoms. The summed E-state index contributed by atoms with van der Waals surface area (Å²) in [7, 11) is 0. The zero-order chi connectivity index (χ0) is 14.7. The predicted octanol–water partition coefficient (Wildman–Crippen LogP) is 3.45. The summed E-state index contributed by atoms with van der Waals surface area (Å²) in [5.41, 5.74) is 0.986. The van der Waals surface area contributed by atoms with Gasteiger partial charge in [-0.2, -0.15) is 0 Å². The van der Waals surface area contributed by atoms with Gasteiger partial charge >= 0.3 is 0 Å². The van der Waals surface area contributed by atoms with Crippen LogP contribution < -0.4 is 5.32 Å². The molecule has 5 heteroatoms. The molecule has 2 aromatic heterocycles. The van der Waals surface area contributed by atoms with Gasteiger partial charge in [0.15, 0.2) is 5.11 Å². The Hall–Kier alpha value is -1.88. The van der Waals surface area contributed by atoms with Gasteiger partial charge in [0.05, 0.1) is 18.0 Å². The van der Waals surface area contributed by atoms with Gasteiger partial charge in [-0.3, -0.25) is 4.98 Å². The first kappa shape index (κ1) is 14.1. The van der Waals surface area contributed by atoms with Crippen molar-refractivity contribution in [2.45, 2.75) is 31.8 Å². The highest BCUT2D eigenvalue weighted by atomic mass is 32.1. The Balaban J connectivity index is 1.94. The van der Waals surface area contributed by atoms with Gasteiger partial charge < -0.3 is 14.6 Å². The molecule has 2 unspecified atom stereocenters. The summed E-state index contributed by atoms with van der Waals surface area (Å²) in [4.78, 5) is 6.70. The van der Waals surface area contributed by atoms with E-state index in [4.69, 9.17) is 16.6 Å².